The number of aryl methyl sites for hydroxylation is 2. The second-order valence-corrected chi connectivity index (χ2v) is 8.44. The van der Waals surface area contributed by atoms with E-state index in [9.17, 15) is 18.6 Å². The fourth-order valence-electron chi connectivity index (χ4n) is 3.26. The Morgan fingerprint density at radius 2 is 1.85 bits per heavy atom. The molecule has 0 aliphatic rings. The summed E-state index contributed by atoms with van der Waals surface area (Å²) in [6, 6.07) is 6.90. The van der Waals surface area contributed by atoms with Gasteiger partial charge >= 0.3 is 0 Å². The van der Waals surface area contributed by atoms with Gasteiger partial charge in [0.1, 0.15) is 16.4 Å². The average Bonchev–Trinajstić information content (AvgIpc) is 2.53. The number of primary sulfonamides is 1. The molecule has 2 rings (SSSR count). The van der Waals surface area contributed by atoms with Crippen LogP contribution in [0, 0.1) is 6.92 Å². The van der Waals surface area contributed by atoms with Crippen LogP contribution in [0.25, 0.3) is 16.7 Å². The van der Waals surface area contributed by atoms with Gasteiger partial charge in [0.2, 0.25) is 10.0 Å². The largest absolute Gasteiger partial charge is 0.507 e. The van der Waals surface area contributed by atoms with E-state index >= 15 is 0 Å². The minimum atomic E-state index is -4.18. The predicted molar refractivity (Wildman–Crippen MR) is 109 cm³/mol. The van der Waals surface area contributed by atoms with Crippen LogP contribution in [0.4, 0.5) is 0 Å². The molecule has 0 aliphatic heterocycles. The van der Waals surface area contributed by atoms with Gasteiger partial charge in [-0.15, -0.1) is 0 Å². The van der Waals surface area contributed by atoms with Crippen molar-refractivity contribution in [2.75, 3.05) is 0 Å². The average molecular weight is 390 g/mol. The van der Waals surface area contributed by atoms with E-state index in [1.807, 2.05) is 32.9 Å². The minimum absolute atomic E-state index is 0.0555. The molecule has 6 heteroatoms. The number of nitrogens with two attached hydrogens (primary N) is 1. The zero-order valence-electron chi connectivity index (χ0n) is 16.0. The number of allylic oxidation sites excluding steroid dienone is 1. The van der Waals surface area contributed by atoms with Crippen LogP contribution in [0.2, 0.25) is 0 Å². The smallest absolute Gasteiger partial charge is 0.242 e. The molecule has 0 bridgehead atoms. The summed E-state index contributed by atoms with van der Waals surface area (Å²) >= 11 is 0. The summed E-state index contributed by atoms with van der Waals surface area (Å²) in [7, 11) is -4.18. The van der Waals surface area contributed by atoms with Crippen LogP contribution in [0.15, 0.2) is 35.7 Å². The monoisotopic (exact) mass is 389 g/mol. The maximum Gasteiger partial charge on any atom is 0.242 e. The van der Waals surface area contributed by atoms with Crippen LogP contribution in [0.5, 0.6) is 11.5 Å². The van der Waals surface area contributed by atoms with Crippen molar-refractivity contribution in [1.82, 2.24) is 0 Å². The van der Waals surface area contributed by atoms with Gasteiger partial charge in [0.25, 0.3) is 0 Å². The lowest BCUT2D eigenvalue weighted by molar-refractivity contribution is 0.440. The van der Waals surface area contributed by atoms with Crippen molar-refractivity contribution in [3.8, 4) is 22.6 Å². The van der Waals surface area contributed by atoms with E-state index in [-0.39, 0.29) is 16.2 Å². The third-order valence-corrected chi connectivity index (χ3v) is 5.57. The fourth-order valence-corrected chi connectivity index (χ4v) is 4.16. The predicted octanol–water partition coefficient (Wildman–Crippen LogP) is 4.49. The first-order valence-corrected chi connectivity index (χ1v) is 10.5. The third-order valence-electron chi connectivity index (χ3n) is 4.55. The third kappa shape index (κ3) is 4.51. The second-order valence-electron chi connectivity index (χ2n) is 6.94. The summed E-state index contributed by atoms with van der Waals surface area (Å²) in [5.41, 5.74) is 3.24. The topological polar surface area (TPSA) is 101 Å². The number of benzene rings is 2. The highest BCUT2D eigenvalue weighted by Crippen LogP contribution is 2.45. The van der Waals surface area contributed by atoms with Crippen LogP contribution in [-0.2, 0) is 16.4 Å². The highest BCUT2D eigenvalue weighted by molar-refractivity contribution is 7.89. The van der Waals surface area contributed by atoms with E-state index in [0.717, 1.165) is 30.4 Å². The highest BCUT2D eigenvalue weighted by atomic mass is 32.2. The maximum atomic E-state index is 12.2. The molecule has 146 valence electrons. The zero-order valence-corrected chi connectivity index (χ0v) is 16.9. The molecule has 0 radical (unpaired) electrons. The Hall–Kier alpha value is -2.31. The van der Waals surface area contributed by atoms with Gasteiger partial charge in [-0.2, -0.15) is 0 Å². The Kier molecular flexibility index (Phi) is 6.34. The molecule has 27 heavy (non-hydrogen) atoms. The van der Waals surface area contributed by atoms with Crippen LogP contribution < -0.4 is 5.14 Å². The Labute approximate surface area is 161 Å². The van der Waals surface area contributed by atoms with Gasteiger partial charge in [-0.3, -0.25) is 0 Å². The molecule has 0 atom stereocenters. The molecule has 0 aromatic heterocycles. The first-order valence-electron chi connectivity index (χ1n) is 8.95. The van der Waals surface area contributed by atoms with Crippen molar-refractivity contribution in [3.63, 3.8) is 0 Å². The lowest BCUT2D eigenvalue weighted by Gasteiger charge is -2.18. The molecule has 0 fully saturated rings. The van der Waals surface area contributed by atoms with Crippen molar-refractivity contribution < 1.29 is 18.6 Å². The van der Waals surface area contributed by atoms with E-state index < -0.39 is 15.8 Å². The lowest BCUT2D eigenvalue weighted by Crippen LogP contribution is -2.15. The summed E-state index contributed by atoms with van der Waals surface area (Å²) in [6.07, 6.45) is 3.01. The number of aromatic hydroxyl groups is 2. The second kappa shape index (κ2) is 8.15. The summed E-state index contributed by atoms with van der Waals surface area (Å²) < 4.78 is 24.4. The van der Waals surface area contributed by atoms with Crippen LogP contribution in [0.3, 0.4) is 0 Å². The van der Waals surface area contributed by atoms with Crippen molar-refractivity contribution in [2.45, 2.75) is 51.3 Å². The van der Waals surface area contributed by atoms with E-state index in [2.05, 4.69) is 6.58 Å². The van der Waals surface area contributed by atoms with Gasteiger partial charge in [0.05, 0.1) is 5.56 Å². The van der Waals surface area contributed by atoms with Gasteiger partial charge < -0.3 is 10.2 Å². The number of unbranched alkanes of at least 4 members (excludes halogenated alkanes) is 2. The van der Waals surface area contributed by atoms with Gasteiger partial charge in [-0.05, 0) is 49.4 Å². The fraction of sp³-hybridized carbons (Fsp3) is 0.333. The van der Waals surface area contributed by atoms with Gasteiger partial charge in [0.15, 0.2) is 0 Å². The number of sulfonamides is 1. The van der Waals surface area contributed by atoms with E-state index in [0.29, 0.717) is 23.1 Å². The molecule has 0 unspecified atom stereocenters. The quantitative estimate of drug-likeness (QED) is 0.608. The number of hydrogen-bond donors (Lipinski definition) is 3. The molecule has 4 N–H and O–H groups in total. The Morgan fingerprint density at radius 1 is 1.19 bits per heavy atom. The van der Waals surface area contributed by atoms with E-state index in [4.69, 9.17) is 5.14 Å². The summed E-state index contributed by atoms with van der Waals surface area (Å²) in [4.78, 5) is -0.319. The standard InChI is InChI=1S/C21H27NO4S/c1-5-6-7-8-15-12-18(23)19(20(24)21(15)27(22,25)26)17-11-14(4)9-10-16(17)13(2)3/h9-12,23-24H,2,5-8H2,1,3-4H3,(H2,22,25,26). The van der Waals surface area contributed by atoms with Crippen molar-refractivity contribution >= 4 is 15.6 Å². The van der Waals surface area contributed by atoms with Gasteiger partial charge in [0, 0.05) is 0 Å². The number of phenolic OH excluding ortho intramolecular Hbond substituents is 2. The summed E-state index contributed by atoms with van der Waals surface area (Å²) in [5.74, 6) is -0.698. The summed E-state index contributed by atoms with van der Waals surface area (Å²) in [6.45, 7) is 9.65. The van der Waals surface area contributed by atoms with Crippen LogP contribution in [0.1, 0.15) is 49.8 Å². The van der Waals surface area contributed by atoms with E-state index in [1.54, 1.807) is 6.07 Å². The molecule has 0 saturated carbocycles. The van der Waals surface area contributed by atoms with Crippen molar-refractivity contribution in [2.24, 2.45) is 5.14 Å². The van der Waals surface area contributed by atoms with E-state index in [1.165, 1.54) is 6.07 Å². The first-order chi connectivity index (χ1) is 12.6. The first kappa shape index (κ1) is 21.0. The molecule has 5 nitrogen and oxygen atoms in total. The number of rotatable bonds is 7. The Balaban J connectivity index is 2.81. The molecule has 2 aromatic rings. The SMILES string of the molecule is C=C(C)c1ccc(C)cc1-c1c(O)cc(CCCCC)c(S(N)(=O)=O)c1O. The molecule has 0 aliphatic carbocycles. The Bertz CT molecular complexity index is 978. The number of hydrogen-bond acceptors (Lipinski definition) is 4. The molecule has 0 amide bonds. The molecular formula is C21H27NO4S. The maximum absolute atomic E-state index is 12.2. The van der Waals surface area contributed by atoms with Gasteiger partial charge in [-0.1, -0.05) is 55.7 Å². The lowest BCUT2D eigenvalue weighted by atomic mass is 9.91. The molecule has 0 heterocycles. The van der Waals surface area contributed by atoms with Crippen molar-refractivity contribution in [1.29, 1.82) is 0 Å². The highest BCUT2D eigenvalue weighted by Gasteiger charge is 2.26. The summed E-state index contributed by atoms with van der Waals surface area (Å²) in [5, 5.41) is 26.9. The Morgan fingerprint density at radius 3 is 2.41 bits per heavy atom. The van der Waals surface area contributed by atoms with Crippen LogP contribution >= 0.6 is 0 Å². The number of phenols is 2. The van der Waals surface area contributed by atoms with Crippen molar-refractivity contribution in [3.05, 3.63) is 47.5 Å². The minimum Gasteiger partial charge on any atom is -0.507 e. The van der Waals surface area contributed by atoms with Gasteiger partial charge in [-0.25, -0.2) is 13.6 Å². The zero-order chi connectivity index (χ0) is 20.4. The normalized spacial score (nSPS) is 11.6. The molecule has 2 aromatic carbocycles. The van der Waals surface area contributed by atoms with Crippen LogP contribution in [-0.4, -0.2) is 18.6 Å². The molecule has 0 saturated heterocycles. The molecular weight excluding hydrogens is 362 g/mol. The molecule has 0 spiro atoms.